The van der Waals surface area contributed by atoms with Crippen molar-refractivity contribution in [3.63, 3.8) is 0 Å². The number of benzene rings is 1. The summed E-state index contributed by atoms with van der Waals surface area (Å²) >= 11 is 0. The first-order valence-corrected chi connectivity index (χ1v) is 6.52. The van der Waals surface area contributed by atoms with E-state index >= 15 is 0 Å². The number of nitrogens with zero attached hydrogens (tertiary/aromatic N) is 2. The van der Waals surface area contributed by atoms with Crippen molar-refractivity contribution in [2.24, 2.45) is 0 Å². The summed E-state index contributed by atoms with van der Waals surface area (Å²) < 4.78 is 5.35. The number of nitrogen functional groups attached to an aromatic ring is 1. The Kier molecular flexibility index (Phi) is 2.63. The zero-order valence-corrected chi connectivity index (χ0v) is 11.3. The Balaban J connectivity index is 2.13. The number of rotatable bonds is 1. The van der Waals surface area contributed by atoms with Crippen molar-refractivity contribution in [2.75, 3.05) is 38.4 Å². The lowest BCUT2D eigenvalue weighted by Gasteiger charge is -2.48. The van der Waals surface area contributed by atoms with Crippen LogP contribution in [0.5, 0.6) is 5.75 Å². The number of likely N-dealkylation sites (tertiary alicyclic amines) is 1. The van der Waals surface area contributed by atoms with Crippen LogP contribution >= 0.6 is 0 Å². The molecule has 4 nitrogen and oxygen atoms in total. The van der Waals surface area contributed by atoms with Gasteiger partial charge in [0.1, 0.15) is 5.75 Å². The number of ether oxygens (including phenoxy) is 1. The molecule has 0 aliphatic carbocycles. The summed E-state index contributed by atoms with van der Waals surface area (Å²) in [5.74, 6) is 1.49. The average molecular weight is 247 g/mol. The molecule has 1 saturated heterocycles. The van der Waals surface area contributed by atoms with Crippen LogP contribution in [-0.2, 0) is 0 Å². The maximum atomic E-state index is 6.22. The number of fused-ring (bicyclic) bond motifs is 4. The van der Waals surface area contributed by atoms with Crippen molar-refractivity contribution in [1.29, 1.82) is 0 Å². The molecule has 0 radical (unpaired) electrons. The van der Waals surface area contributed by atoms with Crippen molar-refractivity contribution in [2.45, 2.75) is 24.9 Å². The Bertz CT molecular complexity index is 474. The number of hydrogen-bond donors (Lipinski definition) is 1. The van der Waals surface area contributed by atoms with Crippen molar-refractivity contribution < 1.29 is 4.74 Å². The number of anilines is 2. The minimum atomic E-state index is 0.479. The molecule has 0 amide bonds. The second-order valence-electron chi connectivity index (χ2n) is 5.45. The van der Waals surface area contributed by atoms with Crippen LogP contribution in [0.15, 0.2) is 12.1 Å². The molecule has 2 aliphatic rings. The van der Waals surface area contributed by atoms with Gasteiger partial charge in [0.25, 0.3) is 0 Å². The Morgan fingerprint density at radius 2 is 2.11 bits per heavy atom. The number of nitrogens with two attached hydrogens (primary N) is 1. The fourth-order valence-electron chi connectivity index (χ4n) is 3.43. The van der Waals surface area contributed by atoms with E-state index in [1.54, 1.807) is 7.11 Å². The Morgan fingerprint density at radius 3 is 2.83 bits per heavy atom. The minimum Gasteiger partial charge on any atom is -0.497 e. The van der Waals surface area contributed by atoms with Crippen LogP contribution in [0.25, 0.3) is 0 Å². The van der Waals surface area contributed by atoms with Gasteiger partial charge in [0.2, 0.25) is 0 Å². The van der Waals surface area contributed by atoms with Gasteiger partial charge in [-0.2, -0.15) is 0 Å². The third kappa shape index (κ3) is 1.56. The van der Waals surface area contributed by atoms with Gasteiger partial charge in [-0.05, 0) is 37.4 Å². The first kappa shape index (κ1) is 11.7. The topological polar surface area (TPSA) is 41.7 Å². The second kappa shape index (κ2) is 4.05. The van der Waals surface area contributed by atoms with Crippen LogP contribution in [0.4, 0.5) is 11.4 Å². The highest BCUT2D eigenvalue weighted by Gasteiger charge is 2.37. The Labute approximate surface area is 108 Å². The predicted molar refractivity (Wildman–Crippen MR) is 74.2 cm³/mol. The molecule has 2 heterocycles. The summed E-state index contributed by atoms with van der Waals surface area (Å²) in [6.07, 6.45) is 2.87. The third-order valence-corrected chi connectivity index (χ3v) is 4.45. The van der Waals surface area contributed by atoms with Crippen LogP contribution < -0.4 is 15.4 Å². The van der Waals surface area contributed by atoms with Crippen molar-refractivity contribution >= 4 is 11.4 Å². The molecular formula is C14H21N3O. The molecule has 0 saturated carbocycles. The standard InChI is InChI=1S/C14H21N3O/c1-16-5-4-9-6-13(16)17(2)14-11(9)7-10(18-3)8-12(14)15/h7-9,13H,4-6,15H2,1-3H3. The lowest BCUT2D eigenvalue weighted by atomic mass is 9.82. The van der Waals surface area contributed by atoms with Gasteiger partial charge in [0.05, 0.1) is 24.7 Å². The van der Waals surface area contributed by atoms with Crippen molar-refractivity contribution in [3.8, 4) is 5.75 Å². The molecule has 2 bridgehead atoms. The lowest BCUT2D eigenvalue weighted by molar-refractivity contribution is 0.159. The lowest BCUT2D eigenvalue weighted by Crippen LogP contribution is -2.52. The summed E-state index contributed by atoms with van der Waals surface area (Å²) in [5.41, 5.74) is 9.60. The van der Waals surface area contributed by atoms with Gasteiger partial charge < -0.3 is 15.4 Å². The van der Waals surface area contributed by atoms with E-state index in [1.807, 2.05) is 6.07 Å². The molecule has 18 heavy (non-hydrogen) atoms. The Hall–Kier alpha value is -1.42. The van der Waals surface area contributed by atoms with E-state index in [2.05, 4.69) is 30.0 Å². The molecule has 3 rings (SSSR count). The maximum absolute atomic E-state index is 6.22. The van der Waals surface area contributed by atoms with Gasteiger partial charge in [-0.1, -0.05) is 0 Å². The van der Waals surface area contributed by atoms with Crippen molar-refractivity contribution in [3.05, 3.63) is 17.7 Å². The van der Waals surface area contributed by atoms with E-state index in [0.29, 0.717) is 12.1 Å². The highest BCUT2D eigenvalue weighted by atomic mass is 16.5. The predicted octanol–water partition coefficient (Wildman–Crippen LogP) is 1.86. The summed E-state index contributed by atoms with van der Waals surface area (Å²) in [5, 5.41) is 0. The number of methoxy groups -OCH3 is 1. The molecule has 1 fully saturated rings. The van der Waals surface area contributed by atoms with Gasteiger partial charge >= 0.3 is 0 Å². The van der Waals surface area contributed by atoms with E-state index in [9.17, 15) is 0 Å². The van der Waals surface area contributed by atoms with Gasteiger partial charge in [0.15, 0.2) is 0 Å². The first-order valence-electron chi connectivity index (χ1n) is 6.52. The number of hydrogen-bond acceptors (Lipinski definition) is 4. The molecule has 1 aromatic carbocycles. The average Bonchev–Trinajstić information content (AvgIpc) is 2.37. The van der Waals surface area contributed by atoms with Gasteiger partial charge in [-0.25, -0.2) is 0 Å². The molecule has 2 aliphatic heterocycles. The highest BCUT2D eigenvalue weighted by molar-refractivity contribution is 5.76. The Morgan fingerprint density at radius 1 is 1.33 bits per heavy atom. The number of piperidine rings is 1. The van der Waals surface area contributed by atoms with Crippen molar-refractivity contribution in [1.82, 2.24) is 4.90 Å². The molecular weight excluding hydrogens is 226 g/mol. The van der Waals surface area contributed by atoms with Crippen LogP contribution in [0, 0.1) is 0 Å². The summed E-state index contributed by atoms with van der Waals surface area (Å²) in [6, 6.07) is 4.09. The zero-order valence-electron chi connectivity index (χ0n) is 11.3. The smallest absolute Gasteiger partial charge is 0.121 e. The van der Waals surface area contributed by atoms with E-state index in [0.717, 1.165) is 18.0 Å². The fourth-order valence-corrected chi connectivity index (χ4v) is 3.43. The summed E-state index contributed by atoms with van der Waals surface area (Å²) in [4.78, 5) is 4.74. The van der Waals surface area contributed by atoms with Crippen LogP contribution in [0.1, 0.15) is 24.3 Å². The van der Waals surface area contributed by atoms with Gasteiger partial charge in [-0.15, -0.1) is 0 Å². The molecule has 98 valence electrons. The monoisotopic (exact) mass is 247 g/mol. The molecule has 2 unspecified atom stereocenters. The SMILES string of the molecule is COc1cc(N)c2c(c1)C1CCN(C)C(C1)N2C. The molecule has 0 aromatic heterocycles. The second-order valence-corrected chi connectivity index (χ2v) is 5.45. The zero-order chi connectivity index (χ0) is 12.9. The normalized spacial score (nSPS) is 26.9. The summed E-state index contributed by atoms with van der Waals surface area (Å²) in [7, 11) is 6.04. The molecule has 1 aromatic rings. The van der Waals surface area contributed by atoms with Crippen LogP contribution in [0.3, 0.4) is 0 Å². The molecule has 4 heteroatoms. The van der Waals surface area contributed by atoms with Gasteiger partial charge in [-0.3, -0.25) is 4.90 Å². The van der Waals surface area contributed by atoms with E-state index in [4.69, 9.17) is 10.5 Å². The highest BCUT2D eigenvalue weighted by Crippen LogP contribution is 2.47. The van der Waals surface area contributed by atoms with Gasteiger partial charge in [0, 0.05) is 19.7 Å². The summed E-state index contributed by atoms with van der Waals surface area (Å²) in [6.45, 7) is 1.15. The molecule has 2 atom stereocenters. The van der Waals surface area contributed by atoms with E-state index in [-0.39, 0.29) is 0 Å². The first-order chi connectivity index (χ1) is 8.61. The molecule has 0 spiro atoms. The maximum Gasteiger partial charge on any atom is 0.121 e. The van der Waals surface area contributed by atoms with E-state index in [1.165, 1.54) is 24.1 Å². The van der Waals surface area contributed by atoms with Crippen LogP contribution in [-0.4, -0.2) is 38.8 Å². The van der Waals surface area contributed by atoms with Crippen LogP contribution in [0.2, 0.25) is 0 Å². The van der Waals surface area contributed by atoms with E-state index < -0.39 is 0 Å². The molecule has 2 N–H and O–H groups in total. The fraction of sp³-hybridized carbons (Fsp3) is 0.571. The largest absolute Gasteiger partial charge is 0.497 e. The quantitative estimate of drug-likeness (QED) is 0.769. The third-order valence-electron chi connectivity index (χ3n) is 4.45. The minimum absolute atomic E-state index is 0.479.